The summed E-state index contributed by atoms with van der Waals surface area (Å²) in [4.78, 5) is 11.5. The summed E-state index contributed by atoms with van der Waals surface area (Å²) in [6, 6.07) is 5.91. The smallest absolute Gasteiger partial charge is 0.339 e. The first-order chi connectivity index (χ1) is 10.1. The molecule has 0 atom stereocenters. The molecule has 1 aliphatic rings. The Hall–Kier alpha value is -1.62. The molecule has 5 heteroatoms. The van der Waals surface area contributed by atoms with Crippen LogP contribution in [0.2, 0.25) is 0 Å². The number of aryl methyl sites for hydroxylation is 1. The fourth-order valence-electron chi connectivity index (χ4n) is 3.05. The zero-order chi connectivity index (χ0) is 15.0. The third-order valence-corrected chi connectivity index (χ3v) is 4.61. The van der Waals surface area contributed by atoms with Gasteiger partial charge in [-0.05, 0) is 43.5 Å². The Morgan fingerprint density at radius 1 is 1.38 bits per heavy atom. The first-order valence-electron chi connectivity index (χ1n) is 7.15. The summed E-state index contributed by atoms with van der Waals surface area (Å²) < 4.78 is 2.71. The van der Waals surface area contributed by atoms with Crippen LogP contribution < -0.4 is 0 Å². The number of rotatable bonds is 3. The minimum Gasteiger partial charge on any atom is -0.478 e. The number of halogens is 1. The lowest BCUT2D eigenvalue weighted by atomic mass is 10.0. The van der Waals surface area contributed by atoms with Crippen LogP contribution >= 0.6 is 15.9 Å². The molecule has 1 aromatic heterocycles. The highest BCUT2D eigenvalue weighted by Crippen LogP contribution is 2.35. The number of carboxylic acid groups (broad SMARTS) is 1. The van der Waals surface area contributed by atoms with Crippen LogP contribution in [0.3, 0.4) is 0 Å². The molecule has 1 fully saturated rings. The number of aromatic nitrogens is 2. The number of carbonyl (C=O) groups is 1. The van der Waals surface area contributed by atoms with Crippen molar-refractivity contribution in [2.24, 2.45) is 0 Å². The summed E-state index contributed by atoms with van der Waals surface area (Å²) in [5.74, 6) is -0.606. The van der Waals surface area contributed by atoms with Crippen molar-refractivity contribution in [3.8, 4) is 5.69 Å². The normalized spacial score (nSPS) is 15.5. The van der Waals surface area contributed by atoms with Crippen molar-refractivity contribution >= 4 is 21.9 Å². The van der Waals surface area contributed by atoms with E-state index in [9.17, 15) is 9.90 Å². The molecule has 0 saturated heterocycles. The molecule has 1 N–H and O–H groups in total. The molecule has 1 aromatic carbocycles. The summed E-state index contributed by atoms with van der Waals surface area (Å²) in [5, 5.41) is 14.0. The summed E-state index contributed by atoms with van der Waals surface area (Å²) in [6.07, 6.45) is 6.04. The van der Waals surface area contributed by atoms with E-state index in [-0.39, 0.29) is 5.92 Å². The maximum Gasteiger partial charge on any atom is 0.339 e. The largest absolute Gasteiger partial charge is 0.478 e. The van der Waals surface area contributed by atoms with Crippen molar-refractivity contribution in [2.45, 2.75) is 38.5 Å². The predicted octanol–water partition coefficient (Wildman–Crippen LogP) is 4.30. The van der Waals surface area contributed by atoms with E-state index in [4.69, 9.17) is 0 Å². The highest BCUT2D eigenvalue weighted by molar-refractivity contribution is 9.10. The molecule has 1 saturated carbocycles. The second-order valence-electron chi connectivity index (χ2n) is 5.59. The van der Waals surface area contributed by atoms with Crippen LogP contribution in [0.1, 0.15) is 53.2 Å². The standard InChI is InChI=1S/C16H17BrN2O2/c1-10-8-12(17)6-7-14(10)19-9-13(16(20)21)15(18-19)11-4-2-3-5-11/h6-9,11H,2-5H2,1H3,(H,20,21). The second kappa shape index (κ2) is 5.64. The molecule has 0 radical (unpaired) electrons. The van der Waals surface area contributed by atoms with Crippen LogP contribution in [0.25, 0.3) is 5.69 Å². The van der Waals surface area contributed by atoms with Crippen molar-refractivity contribution < 1.29 is 9.90 Å². The molecule has 0 unspecified atom stereocenters. The lowest BCUT2D eigenvalue weighted by Gasteiger charge is -2.07. The van der Waals surface area contributed by atoms with Gasteiger partial charge in [-0.25, -0.2) is 9.48 Å². The average molecular weight is 349 g/mol. The number of hydrogen-bond acceptors (Lipinski definition) is 2. The Labute approximate surface area is 131 Å². The van der Waals surface area contributed by atoms with Gasteiger partial charge in [-0.2, -0.15) is 5.10 Å². The molecular weight excluding hydrogens is 332 g/mol. The summed E-state index contributed by atoms with van der Waals surface area (Å²) in [6.45, 7) is 2.00. The Bertz CT molecular complexity index is 688. The maximum absolute atomic E-state index is 11.5. The van der Waals surface area contributed by atoms with E-state index in [1.165, 1.54) is 0 Å². The van der Waals surface area contributed by atoms with E-state index in [0.29, 0.717) is 5.56 Å². The minimum atomic E-state index is -0.891. The van der Waals surface area contributed by atoms with Gasteiger partial charge >= 0.3 is 5.97 Å². The topological polar surface area (TPSA) is 55.1 Å². The molecule has 110 valence electrons. The fraction of sp³-hybridized carbons (Fsp3) is 0.375. The second-order valence-corrected chi connectivity index (χ2v) is 6.51. The van der Waals surface area contributed by atoms with Gasteiger partial charge in [0.1, 0.15) is 5.56 Å². The zero-order valence-corrected chi connectivity index (χ0v) is 13.4. The summed E-state index contributed by atoms with van der Waals surface area (Å²) >= 11 is 3.44. The number of hydrogen-bond donors (Lipinski definition) is 1. The third-order valence-electron chi connectivity index (χ3n) is 4.12. The zero-order valence-electron chi connectivity index (χ0n) is 11.8. The lowest BCUT2D eigenvalue weighted by Crippen LogP contribution is -2.03. The predicted molar refractivity (Wildman–Crippen MR) is 84.2 cm³/mol. The third kappa shape index (κ3) is 2.75. The van der Waals surface area contributed by atoms with Gasteiger partial charge in [-0.3, -0.25) is 0 Å². The first-order valence-corrected chi connectivity index (χ1v) is 7.95. The number of carboxylic acids is 1. The van der Waals surface area contributed by atoms with Crippen molar-refractivity contribution in [3.63, 3.8) is 0 Å². The molecule has 2 aromatic rings. The molecule has 0 spiro atoms. The molecule has 0 aliphatic heterocycles. The molecule has 21 heavy (non-hydrogen) atoms. The Morgan fingerprint density at radius 2 is 2.10 bits per heavy atom. The van der Waals surface area contributed by atoms with Gasteiger partial charge in [0.2, 0.25) is 0 Å². The molecule has 3 rings (SSSR count). The van der Waals surface area contributed by atoms with Gasteiger partial charge in [-0.1, -0.05) is 28.8 Å². The first kappa shape index (κ1) is 14.3. The van der Waals surface area contributed by atoms with Gasteiger partial charge < -0.3 is 5.11 Å². The number of benzene rings is 1. The van der Waals surface area contributed by atoms with Crippen molar-refractivity contribution in [3.05, 3.63) is 45.7 Å². The Morgan fingerprint density at radius 3 is 2.71 bits per heavy atom. The van der Waals surface area contributed by atoms with Crippen molar-refractivity contribution in [2.75, 3.05) is 0 Å². The monoisotopic (exact) mass is 348 g/mol. The van der Waals surface area contributed by atoms with Crippen LogP contribution in [-0.4, -0.2) is 20.9 Å². The van der Waals surface area contributed by atoms with Gasteiger partial charge in [0.05, 0.1) is 11.4 Å². The van der Waals surface area contributed by atoms with Gasteiger partial charge in [-0.15, -0.1) is 0 Å². The Kier molecular flexibility index (Phi) is 3.85. The molecule has 0 amide bonds. The highest BCUT2D eigenvalue weighted by Gasteiger charge is 2.26. The number of aromatic carboxylic acids is 1. The van der Waals surface area contributed by atoms with Crippen LogP contribution in [-0.2, 0) is 0 Å². The molecule has 4 nitrogen and oxygen atoms in total. The van der Waals surface area contributed by atoms with E-state index in [0.717, 1.165) is 47.1 Å². The highest BCUT2D eigenvalue weighted by atomic mass is 79.9. The van der Waals surface area contributed by atoms with Gasteiger partial charge in [0.25, 0.3) is 0 Å². The summed E-state index contributed by atoms with van der Waals surface area (Å²) in [5.41, 5.74) is 3.05. The SMILES string of the molecule is Cc1cc(Br)ccc1-n1cc(C(=O)O)c(C2CCCC2)n1. The fourth-order valence-corrected chi connectivity index (χ4v) is 3.53. The maximum atomic E-state index is 11.5. The van der Waals surface area contributed by atoms with E-state index in [1.54, 1.807) is 10.9 Å². The van der Waals surface area contributed by atoms with Crippen LogP contribution in [0.15, 0.2) is 28.9 Å². The molecular formula is C16H17BrN2O2. The lowest BCUT2D eigenvalue weighted by molar-refractivity contribution is 0.0695. The van der Waals surface area contributed by atoms with Crippen LogP contribution in [0, 0.1) is 6.92 Å². The number of nitrogens with zero attached hydrogens (tertiary/aromatic N) is 2. The van der Waals surface area contributed by atoms with E-state index >= 15 is 0 Å². The molecule has 1 aliphatic carbocycles. The van der Waals surface area contributed by atoms with Gasteiger partial charge in [0.15, 0.2) is 0 Å². The molecule has 1 heterocycles. The Balaban J connectivity index is 2.07. The minimum absolute atomic E-state index is 0.285. The van der Waals surface area contributed by atoms with Gasteiger partial charge in [0, 0.05) is 16.6 Å². The molecule has 0 bridgehead atoms. The van der Waals surface area contributed by atoms with Crippen LogP contribution in [0.5, 0.6) is 0 Å². The van der Waals surface area contributed by atoms with Crippen molar-refractivity contribution in [1.29, 1.82) is 0 Å². The van der Waals surface area contributed by atoms with E-state index < -0.39 is 5.97 Å². The average Bonchev–Trinajstić information content (AvgIpc) is 3.07. The van der Waals surface area contributed by atoms with E-state index in [2.05, 4.69) is 21.0 Å². The quantitative estimate of drug-likeness (QED) is 0.899. The van der Waals surface area contributed by atoms with E-state index in [1.807, 2.05) is 25.1 Å². The van der Waals surface area contributed by atoms with Crippen LogP contribution in [0.4, 0.5) is 0 Å². The van der Waals surface area contributed by atoms with Crippen molar-refractivity contribution in [1.82, 2.24) is 9.78 Å². The summed E-state index contributed by atoms with van der Waals surface area (Å²) in [7, 11) is 0.